The van der Waals surface area contributed by atoms with Crippen LogP contribution in [-0.2, 0) is 9.53 Å². The zero-order valence-corrected chi connectivity index (χ0v) is 16.4. The van der Waals surface area contributed by atoms with E-state index in [9.17, 15) is 10.1 Å². The summed E-state index contributed by atoms with van der Waals surface area (Å²) >= 11 is 0. The van der Waals surface area contributed by atoms with Gasteiger partial charge in [0, 0.05) is 25.0 Å². The Kier molecular flexibility index (Phi) is 7.09. The summed E-state index contributed by atoms with van der Waals surface area (Å²) in [6, 6.07) is 16.8. The summed E-state index contributed by atoms with van der Waals surface area (Å²) in [4.78, 5) is 14.7. The predicted octanol–water partition coefficient (Wildman–Crippen LogP) is 3.38. The molecule has 0 radical (unpaired) electrons. The van der Waals surface area contributed by atoms with E-state index < -0.39 is 5.91 Å². The third-order valence-electron chi connectivity index (χ3n) is 4.42. The molecule has 0 bridgehead atoms. The average molecular weight is 392 g/mol. The summed E-state index contributed by atoms with van der Waals surface area (Å²) in [5, 5.41) is 15.2. The smallest absolute Gasteiger partial charge is 0.267 e. The highest BCUT2D eigenvalue weighted by Crippen LogP contribution is 2.26. The number of hydrogen-bond donors (Lipinski definition) is 2. The number of morpholine rings is 1. The number of nitrogens with zero attached hydrogens (tertiary/aromatic N) is 2. The monoisotopic (exact) mass is 392 g/mol. The van der Waals surface area contributed by atoms with Crippen molar-refractivity contribution in [2.24, 2.45) is 0 Å². The lowest BCUT2D eigenvalue weighted by atomic mass is 10.2. The largest absolute Gasteiger partial charge is 0.494 e. The molecule has 0 unspecified atom stereocenters. The number of hydrogen-bond acceptors (Lipinski definition) is 6. The first kappa shape index (κ1) is 20.2. The van der Waals surface area contributed by atoms with E-state index in [0.717, 1.165) is 30.2 Å². The van der Waals surface area contributed by atoms with E-state index in [0.29, 0.717) is 25.5 Å². The summed E-state index contributed by atoms with van der Waals surface area (Å²) in [5.74, 6) is 0.246. The van der Waals surface area contributed by atoms with Gasteiger partial charge in [0.05, 0.1) is 31.2 Å². The molecule has 1 saturated heterocycles. The zero-order chi connectivity index (χ0) is 20.5. The van der Waals surface area contributed by atoms with Crippen molar-refractivity contribution >= 4 is 23.0 Å². The van der Waals surface area contributed by atoms with Gasteiger partial charge in [-0.05, 0) is 43.3 Å². The highest BCUT2D eigenvalue weighted by Gasteiger charge is 2.15. The van der Waals surface area contributed by atoms with E-state index in [4.69, 9.17) is 9.47 Å². The van der Waals surface area contributed by atoms with Gasteiger partial charge in [0.1, 0.15) is 17.4 Å². The van der Waals surface area contributed by atoms with Crippen molar-refractivity contribution in [2.45, 2.75) is 6.92 Å². The molecule has 1 aliphatic rings. The predicted molar refractivity (Wildman–Crippen MR) is 113 cm³/mol. The minimum Gasteiger partial charge on any atom is -0.494 e. The fourth-order valence-electron chi connectivity index (χ4n) is 2.97. The molecule has 2 aromatic carbocycles. The maximum Gasteiger partial charge on any atom is 0.267 e. The van der Waals surface area contributed by atoms with Gasteiger partial charge in [-0.25, -0.2) is 0 Å². The summed E-state index contributed by atoms with van der Waals surface area (Å²) in [7, 11) is 0. The molecule has 0 aromatic heterocycles. The Labute approximate surface area is 170 Å². The normalized spacial score (nSPS) is 14.1. The number of carbonyl (C=O) groups is 1. The number of ether oxygens (including phenoxy) is 2. The molecule has 150 valence electrons. The number of anilines is 3. The Bertz CT molecular complexity index is 897. The van der Waals surface area contributed by atoms with E-state index in [2.05, 4.69) is 15.5 Å². The average Bonchev–Trinajstić information content (AvgIpc) is 2.76. The van der Waals surface area contributed by atoms with Gasteiger partial charge in [0.2, 0.25) is 0 Å². The van der Waals surface area contributed by atoms with Crippen molar-refractivity contribution in [1.29, 1.82) is 5.26 Å². The minimum atomic E-state index is -0.479. The van der Waals surface area contributed by atoms with Crippen molar-refractivity contribution in [2.75, 3.05) is 48.4 Å². The van der Waals surface area contributed by atoms with Crippen molar-refractivity contribution in [3.05, 3.63) is 60.3 Å². The first-order valence-corrected chi connectivity index (χ1v) is 9.54. The molecule has 1 aliphatic heterocycles. The molecule has 7 nitrogen and oxygen atoms in total. The number of nitrogens with one attached hydrogen (secondary N) is 2. The highest BCUT2D eigenvalue weighted by atomic mass is 16.5. The van der Waals surface area contributed by atoms with Crippen LogP contribution in [0, 0.1) is 11.3 Å². The lowest BCUT2D eigenvalue weighted by molar-refractivity contribution is -0.112. The number of benzene rings is 2. The second kappa shape index (κ2) is 10.2. The van der Waals surface area contributed by atoms with Gasteiger partial charge in [0.25, 0.3) is 5.91 Å². The molecule has 0 saturated carbocycles. The van der Waals surface area contributed by atoms with Crippen LogP contribution >= 0.6 is 0 Å². The van der Waals surface area contributed by atoms with Gasteiger partial charge < -0.3 is 25.0 Å². The number of para-hydroxylation sites is 2. The van der Waals surface area contributed by atoms with Crippen LogP contribution in [-0.4, -0.2) is 38.8 Å². The van der Waals surface area contributed by atoms with Crippen LogP contribution in [0.4, 0.5) is 17.1 Å². The molecular weight excluding hydrogens is 368 g/mol. The summed E-state index contributed by atoms with van der Waals surface area (Å²) < 4.78 is 10.8. The van der Waals surface area contributed by atoms with Crippen LogP contribution in [0.1, 0.15) is 6.92 Å². The molecule has 2 N–H and O–H groups in total. The van der Waals surface area contributed by atoms with Crippen LogP contribution < -0.4 is 20.3 Å². The molecule has 2 aromatic rings. The highest BCUT2D eigenvalue weighted by molar-refractivity contribution is 6.06. The van der Waals surface area contributed by atoms with Gasteiger partial charge in [-0.3, -0.25) is 4.79 Å². The van der Waals surface area contributed by atoms with E-state index >= 15 is 0 Å². The molecule has 0 aliphatic carbocycles. The van der Waals surface area contributed by atoms with Crippen LogP contribution in [0.15, 0.2) is 60.3 Å². The Balaban J connectivity index is 1.68. The standard InChI is InChI=1S/C22H24N4O3/c1-2-29-19-9-7-18(8-10-19)25-22(27)17(15-23)16-24-20-5-3-4-6-21(20)26-11-13-28-14-12-26/h3-10,16,24H,2,11-14H2,1H3,(H,25,27)/b17-16-. The zero-order valence-electron chi connectivity index (χ0n) is 16.4. The van der Waals surface area contributed by atoms with Crippen molar-refractivity contribution < 1.29 is 14.3 Å². The fraction of sp³-hybridized carbons (Fsp3) is 0.273. The number of amides is 1. The van der Waals surface area contributed by atoms with Gasteiger partial charge in [-0.15, -0.1) is 0 Å². The second-order valence-corrected chi connectivity index (χ2v) is 6.34. The Morgan fingerprint density at radius 2 is 1.93 bits per heavy atom. The third-order valence-corrected chi connectivity index (χ3v) is 4.42. The minimum absolute atomic E-state index is 0.0179. The lowest BCUT2D eigenvalue weighted by Gasteiger charge is -2.30. The van der Waals surface area contributed by atoms with Crippen molar-refractivity contribution in [1.82, 2.24) is 0 Å². The number of nitriles is 1. The maximum atomic E-state index is 12.5. The molecule has 29 heavy (non-hydrogen) atoms. The Hall–Kier alpha value is -3.50. The van der Waals surface area contributed by atoms with Gasteiger partial charge in [0.15, 0.2) is 0 Å². The van der Waals surface area contributed by atoms with Crippen LogP contribution in [0.3, 0.4) is 0 Å². The molecule has 0 atom stereocenters. The second-order valence-electron chi connectivity index (χ2n) is 6.34. The SMILES string of the molecule is CCOc1ccc(NC(=O)/C(C#N)=C\Nc2ccccc2N2CCOCC2)cc1. The van der Waals surface area contributed by atoms with E-state index in [1.807, 2.05) is 37.3 Å². The van der Waals surface area contributed by atoms with Crippen molar-refractivity contribution in [3.8, 4) is 11.8 Å². The quantitative estimate of drug-likeness (QED) is 0.555. The number of rotatable bonds is 7. The van der Waals surface area contributed by atoms with Crippen LogP contribution in [0.2, 0.25) is 0 Å². The lowest BCUT2D eigenvalue weighted by Crippen LogP contribution is -2.36. The molecular formula is C22H24N4O3. The Morgan fingerprint density at radius 1 is 1.21 bits per heavy atom. The summed E-state index contributed by atoms with van der Waals surface area (Å²) in [6.45, 7) is 5.43. The van der Waals surface area contributed by atoms with E-state index in [1.165, 1.54) is 6.20 Å². The van der Waals surface area contributed by atoms with Gasteiger partial charge in [-0.2, -0.15) is 5.26 Å². The molecule has 1 fully saturated rings. The van der Waals surface area contributed by atoms with Gasteiger partial charge in [-0.1, -0.05) is 12.1 Å². The maximum absolute atomic E-state index is 12.5. The molecule has 0 spiro atoms. The molecule has 3 rings (SSSR count). The topological polar surface area (TPSA) is 86.6 Å². The number of carbonyl (C=O) groups excluding carboxylic acids is 1. The van der Waals surface area contributed by atoms with Gasteiger partial charge >= 0.3 is 0 Å². The Morgan fingerprint density at radius 3 is 2.62 bits per heavy atom. The van der Waals surface area contributed by atoms with E-state index in [1.54, 1.807) is 24.3 Å². The van der Waals surface area contributed by atoms with Crippen molar-refractivity contribution in [3.63, 3.8) is 0 Å². The van der Waals surface area contributed by atoms with Crippen LogP contribution in [0.5, 0.6) is 5.75 Å². The summed E-state index contributed by atoms with van der Waals surface area (Å²) in [5.41, 5.74) is 2.41. The molecule has 1 heterocycles. The van der Waals surface area contributed by atoms with E-state index in [-0.39, 0.29) is 5.57 Å². The summed E-state index contributed by atoms with van der Waals surface area (Å²) in [6.07, 6.45) is 1.43. The molecule has 7 heteroatoms. The molecule has 1 amide bonds. The van der Waals surface area contributed by atoms with Crippen LogP contribution in [0.25, 0.3) is 0 Å². The first-order chi connectivity index (χ1) is 14.2. The fourth-order valence-corrected chi connectivity index (χ4v) is 2.97. The first-order valence-electron chi connectivity index (χ1n) is 9.54. The third kappa shape index (κ3) is 5.50.